The fourth-order valence-corrected chi connectivity index (χ4v) is 18.6. The third kappa shape index (κ3) is 8.22. The maximum Gasteiger partial charge on any atom is 0.160 e. The Kier molecular flexibility index (Phi) is 12.0. The Morgan fingerprint density at radius 1 is 0.260 bits per heavy atom. The fraction of sp³-hybridized carbons (Fsp3) is 0. The van der Waals surface area contributed by atoms with Crippen LogP contribution in [0, 0.1) is 0 Å². The van der Waals surface area contributed by atoms with Gasteiger partial charge >= 0.3 is 0 Å². The van der Waals surface area contributed by atoms with E-state index in [0.29, 0.717) is 5.82 Å². The molecule has 0 radical (unpaired) electrons. The van der Waals surface area contributed by atoms with Crippen LogP contribution < -0.4 is 0 Å². The molecule has 104 heavy (non-hydrogen) atoms. The second-order valence-electron chi connectivity index (χ2n) is 27.4. The van der Waals surface area contributed by atoms with Gasteiger partial charge in [0.25, 0.3) is 0 Å². The quantitative estimate of drug-likeness (QED) is 0.166. The third-order valence-corrected chi connectivity index (χ3v) is 23.1. The average molecular weight is 1340 g/mol. The number of nitrogens with zero attached hydrogens (tertiary/aromatic N) is 6. The highest BCUT2D eigenvalue weighted by Crippen LogP contribution is 2.55. The SMILES string of the molecule is c1ccc(-c2nc(-c3ccc(-n4c5ccc6c7ccccc7oc6c5c5cc6c7c(cccc7c54)-c4ccccc4-6)cc3)nc3ccccc23)cc1.c1ccc(-c2nc(-c3ccc(-n4c5ccc6c7ccccc7sc6c5c5cc6c7c(cccc7c54)-c4ccccc4-6)cc3)nc3ccccc23)cc1. The monoisotopic (exact) mass is 1340 g/mol. The van der Waals surface area contributed by atoms with Gasteiger partial charge in [0, 0.05) is 102 Å². The van der Waals surface area contributed by atoms with E-state index in [4.69, 9.17) is 24.4 Å². The number of hydrogen-bond donors (Lipinski definition) is 0. The molecule has 0 unspecified atom stereocenters. The topological polar surface area (TPSA) is 74.6 Å². The Balaban J connectivity index is 0.000000127. The zero-order valence-electron chi connectivity index (χ0n) is 55.7. The van der Waals surface area contributed by atoms with Crippen LogP contribution in [0.3, 0.4) is 0 Å². The molecule has 0 N–H and O–H groups in total. The number of aromatic nitrogens is 6. The highest BCUT2D eigenvalue weighted by Gasteiger charge is 2.30. The molecule has 0 saturated heterocycles. The summed E-state index contributed by atoms with van der Waals surface area (Å²) < 4.78 is 14.3. The summed E-state index contributed by atoms with van der Waals surface area (Å²) in [5.74, 6) is 1.43. The Morgan fingerprint density at radius 2 is 0.683 bits per heavy atom. The van der Waals surface area contributed by atoms with Gasteiger partial charge in [0.2, 0.25) is 0 Å². The number of fused-ring (bicyclic) bond motifs is 24. The van der Waals surface area contributed by atoms with E-state index in [9.17, 15) is 0 Å². The van der Waals surface area contributed by atoms with Crippen molar-refractivity contribution in [1.29, 1.82) is 0 Å². The summed E-state index contributed by atoms with van der Waals surface area (Å²) in [5.41, 5.74) is 27.0. The molecule has 0 saturated carbocycles. The maximum absolute atomic E-state index is 6.72. The van der Waals surface area contributed by atoms with Crippen molar-refractivity contribution < 1.29 is 4.42 Å². The van der Waals surface area contributed by atoms with Gasteiger partial charge in [-0.05, 0) is 158 Å². The molecule has 0 spiro atoms. The minimum Gasteiger partial charge on any atom is -0.455 e. The lowest BCUT2D eigenvalue weighted by molar-refractivity contribution is 0.673. The number of para-hydroxylation sites is 3. The molecule has 22 aromatic rings. The van der Waals surface area contributed by atoms with Gasteiger partial charge < -0.3 is 13.6 Å². The lowest BCUT2D eigenvalue weighted by Gasteiger charge is -2.13. The molecule has 0 bridgehead atoms. The van der Waals surface area contributed by atoms with Gasteiger partial charge in [-0.25, -0.2) is 19.9 Å². The third-order valence-electron chi connectivity index (χ3n) is 21.9. The molecule has 0 amide bonds. The van der Waals surface area contributed by atoms with Crippen LogP contribution in [0.15, 0.2) is 332 Å². The summed E-state index contributed by atoms with van der Waals surface area (Å²) in [4.78, 5) is 20.4. The molecule has 7 nitrogen and oxygen atoms in total. The second kappa shape index (κ2) is 21.9. The zero-order valence-corrected chi connectivity index (χ0v) is 56.5. The van der Waals surface area contributed by atoms with Gasteiger partial charge in [-0.2, -0.15) is 0 Å². The largest absolute Gasteiger partial charge is 0.455 e. The highest BCUT2D eigenvalue weighted by atomic mass is 32.1. The van der Waals surface area contributed by atoms with Crippen molar-refractivity contribution in [3.8, 4) is 101 Å². The van der Waals surface area contributed by atoms with Crippen molar-refractivity contribution in [3.05, 3.63) is 328 Å². The molecule has 0 atom stereocenters. The van der Waals surface area contributed by atoms with E-state index < -0.39 is 0 Å². The van der Waals surface area contributed by atoms with Crippen molar-refractivity contribution in [1.82, 2.24) is 29.1 Å². The first-order chi connectivity index (χ1) is 51.6. The van der Waals surface area contributed by atoms with Crippen LogP contribution in [-0.2, 0) is 0 Å². The lowest BCUT2D eigenvalue weighted by Crippen LogP contribution is -1.97. The van der Waals surface area contributed by atoms with Crippen LogP contribution in [0.5, 0.6) is 0 Å². The van der Waals surface area contributed by atoms with Gasteiger partial charge in [-0.3, -0.25) is 0 Å². The summed E-state index contributed by atoms with van der Waals surface area (Å²) >= 11 is 1.90. The lowest BCUT2D eigenvalue weighted by atomic mass is 9.98. The first-order valence-corrected chi connectivity index (χ1v) is 36.2. The van der Waals surface area contributed by atoms with E-state index in [1.165, 1.54) is 119 Å². The fourth-order valence-electron chi connectivity index (χ4n) is 17.4. The van der Waals surface area contributed by atoms with Crippen LogP contribution >= 0.6 is 11.3 Å². The molecule has 6 heterocycles. The maximum atomic E-state index is 6.72. The Hall–Kier alpha value is -13.7. The molecular formula is C96H54N6OS. The minimum atomic E-state index is 0.707. The van der Waals surface area contributed by atoms with Crippen LogP contribution in [0.4, 0.5) is 0 Å². The second-order valence-corrected chi connectivity index (χ2v) is 28.4. The van der Waals surface area contributed by atoms with Crippen LogP contribution in [0.1, 0.15) is 0 Å². The Labute approximate surface area is 598 Å². The molecule has 0 aliphatic heterocycles. The standard InChI is InChI=1S/C48H27N3O.C48H27N3S/c2*1-2-11-28(12-3-1)45-36-16-6-8-19-40(36)49-48(50-45)29-21-23-30(24-22-29)51-41-26-25-35-33-15-7-9-20-42(33)52-47(35)44(41)39-27-38-32-14-5-4-13-31(32)34-17-10-18-37(43(34)38)46(39)51/h2*1-27H. The number of benzene rings is 16. The Bertz CT molecular complexity index is 7010. The normalized spacial score (nSPS) is 12.2. The van der Waals surface area contributed by atoms with Crippen molar-refractivity contribution >= 4 is 140 Å². The van der Waals surface area contributed by atoms with E-state index in [-0.39, 0.29) is 0 Å². The molecule has 2 aliphatic carbocycles. The molecule has 0 fully saturated rings. The summed E-state index contributed by atoms with van der Waals surface area (Å²) in [7, 11) is 0. The summed E-state index contributed by atoms with van der Waals surface area (Å²) in [6.07, 6.45) is 0. The molecular weight excluding hydrogens is 1290 g/mol. The molecule has 6 aromatic heterocycles. The number of furan rings is 1. The molecule has 480 valence electrons. The van der Waals surface area contributed by atoms with Crippen LogP contribution in [-0.4, -0.2) is 29.1 Å². The molecule has 2 aliphatic rings. The minimum absolute atomic E-state index is 0.707. The zero-order chi connectivity index (χ0) is 67.8. The molecule has 8 heteroatoms. The number of thiophene rings is 1. The predicted molar refractivity (Wildman–Crippen MR) is 434 cm³/mol. The van der Waals surface area contributed by atoms with Crippen LogP contribution in [0.25, 0.3) is 230 Å². The van der Waals surface area contributed by atoms with Gasteiger partial charge in [0.15, 0.2) is 11.6 Å². The van der Waals surface area contributed by atoms with E-state index in [1.807, 2.05) is 47.7 Å². The predicted octanol–water partition coefficient (Wildman–Crippen LogP) is 26.0. The van der Waals surface area contributed by atoms with Crippen molar-refractivity contribution in [2.24, 2.45) is 0 Å². The summed E-state index contributed by atoms with van der Waals surface area (Å²) in [6, 6.07) is 117. The van der Waals surface area contributed by atoms with E-state index in [1.54, 1.807) is 0 Å². The average Bonchev–Trinajstić information content (AvgIpc) is 1.53. The summed E-state index contributed by atoms with van der Waals surface area (Å²) in [5, 5.41) is 17.1. The molecule has 16 aromatic carbocycles. The first kappa shape index (κ1) is 57.1. The number of rotatable bonds is 6. The van der Waals surface area contributed by atoms with Crippen molar-refractivity contribution in [2.45, 2.75) is 0 Å². The van der Waals surface area contributed by atoms with E-state index in [0.717, 1.165) is 105 Å². The number of hydrogen-bond acceptors (Lipinski definition) is 6. The smallest absolute Gasteiger partial charge is 0.160 e. The van der Waals surface area contributed by atoms with E-state index in [2.05, 4.69) is 300 Å². The van der Waals surface area contributed by atoms with Gasteiger partial charge in [-0.15, -0.1) is 11.3 Å². The van der Waals surface area contributed by atoms with Gasteiger partial charge in [-0.1, -0.05) is 224 Å². The first-order valence-electron chi connectivity index (χ1n) is 35.3. The highest BCUT2D eigenvalue weighted by molar-refractivity contribution is 7.26. The summed E-state index contributed by atoms with van der Waals surface area (Å²) in [6.45, 7) is 0. The Morgan fingerprint density at radius 3 is 1.23 bits per heavy atom. The van der Waals surface area contributed by atoms with Crippen LogP contribution in [0.2, 0.25) is 0 Å². The van der Waals surface area contributed by atoms with Crippen molar-refractivity contribution in [3.63, 3.8) is 0 Å². The van der Waals surface area contributed by atoms with E-state index >= 15 is 0 Å². The van der Waals surface area contributed by atoms with Gasteiger partial charge in [0.1, 0.15) is 11.2 Å². The molecule has 24 rings (SSSR count). The van der Waals surface area contributed by atoms with Gasteiger partial charge in [0.05, 0.1) is 49.9 Å². The van der Waals surface area contributed by atoms with Crippen molar-refractivity contribution in [2.75, 3.05) is 0 Å².